The molecule has 1 heterocycles. The molecule has 2 aliphatic rings. The number of ketones is 1. The number of nitrogens with zero attached hydrogens (tertiary/aromatic N) is 1. The molecule has 3 rings (SSSR count). The molecule has 0 radical (unpaired) electrons. The first-order valence-electron chi connectivity index (χ1n) is 7.42. The summed E-state index contributed by atoms with van der Waals surface area (Å²) in [5.74, 6) is 1.07. The number of hydrogen-bond acceptors (Lipinski definition) is 4. The predicted octanol–water partition coefficient (Wildman–Crippen LogP) is 1.92. The first-order valence-corrected chi connectivity index (χ1v) is 7.42. The lowest BCUT2D eigenvalue weighted by Crippen LogP contribution is -2.38. The maximum absolute atomic E-state index is 11.9. The smallest absolute Gasteiger partial charge is 0.163 e. The fourth-order valence-electron chi connectivity index (χ4n) is 2.81. The lowest BCUT2D eigenvalue weighted by Gasteiger charge is -2.26. The van der Waals surface area contributed by atoms with Crippen molar-refractivity contribution >= 4 is 5.78 Å². The van der Waals surface area contributed by atoms with Crippen molar-refractivity contribution in [3.8, 4) is 5.75 Å². The van der Waals surface area contributed by atoms with Gasteiger partial charge >= 0.3 is 0 Å². The highest BCUT2D eigenvalue weighted by Gasteiger charge is 2.17. The number of ether oxygens (including phenoxy) is 2. The van der Waals surface area contributed by atoms with E-state index in [1.807, 2.05) is 18.2 Å². The summed E-state index contributed by atoms with van der Waals surface area (Å²) in [4.78, 5) is 14.2. The zero-order valence-electron chi connectivity index (χ0n) is 11.8. The van der Waals surface area contributed by atoms with Gasteiger partial charge in [-0.25, -0.2) is 0 Å². The van der Waals surface area contributed by atoms with Gasteiger partial charge in [0.05, 0.1) is 13.2 Å². The number of morpholine rings is 1. The molecule has 0 atom stereocenters. The van der Waals surface area contributed by atoms with E-state index in [2.05, 4.69) is 4.90 Å². The zero-order valence-corrected chi connectivity index (χ0v) is 11.8. The normalized spacial score (nSPS) is 19.7. The summed E-state index contributed by atoms with van der Waals surface area (Å²) in [6, 6.07) is 5.93. The number of carbonyl (C=O) groups excluding carboxylic acids is 1. The van der Waals surface area contributed by atoms with E-state index >= 15 is 0 Å². The fraction of sp³-hybridized carbons (Fsp3) is 0.562. The molecule has 1 aromatic carbocycles. The van der Waals surface area contributed by atoms with Crippen LogP contribution in [0.5, 0.6) is 5.75 Å². The van der Waals surface area contributed by atoms with Gasteiger partial charge in [-0.3, -0.25) is 9.69 Å². The molecular formula is C16H21NO3. The minimum atomic E-state index is 0.255. The van der Waals surface area contributed by atoms with Gasteiger partial charge < -0.3 is 9.47 Å². The topological polar surface area (TPSA) is 38.8 Å². The Morgan fingerprint density at radius 3 is 2.90 bits per heavy atom. The molecule has 0 amide bonds. The van der Waals surface area contributed by atoms with Crippen molar-refractivity contribution in [1.29, 1.82) is 0 Å². The third-order valence-corrected chi connectivity index (χ3v) is 4.01. The molecule has 1 saturated heterocycles. The van der Waals surface area contributed by atoms with E-state index in [4.69, 9.17) is 9.47 Å². The second-order valence-electron chi connectivity index (χ2n) is 5.40. The van der Waals surface area contributed by atoms with Crippen molar-refractivity contribution in [2.24, 2.45) is 0 Å². The van der Waals surface area contributed by atoms with Gasteiger partial charge in [0.25, 0.3) is 0 Å². The Hall–Kier alpha value is -1.39. The van der Waals surface area contributed by atoms with Crippen molar-refractivity contribution in [3.05, 3.63) is 29.3 Å². The summed E-state index contributed by atoms with van der Waals surface area (Å²) in [6.07, 6.45) is 2.66. The second kappa shape index (κ2) is 6.37. The van der Waals surface area contributed by atoms with E-state index in [9.17, 15) is 4.79 Å². The van der Waals surface area contributed by atoms with Crippen LogP contribution in [0.25, 0.3) is 0 Å². The molecule has 0 spiro atoms. The van der Waals surface area contributed by atoms with E-state index in [1.54, 1.807) is 0 Å². The Morgan fingerprint density at radius 1 is 1.20 bits per heavy atom. The number of carbonyl (C=O) groups is 1. The molecule has 4 nitrogen and oxygen atoms in total. The van der Waals surface area contributed by atoms with Gasteiger partial charge in [-0.1, -0.05) is 6.07 Å². The van der Waals surface area contributed by atoms with Crippen LogP contribution in [0.15, 0.2) is 18.2 Å². The van der Waals surface area contributed by atoms with Crippen molar-refractivity contribution < 1.29 is 14.3 Å². The molecule has 1 aromatic rings. The maximum Gasteiger partial charge on any atom is 0.163 e. The second-order valence-corrected chi connectivity index (χ2v) is 5.40. The van der Waals surface area contributed by atoms with Crippen LogP contribution in [0, 0.1) is 0 Å². The Balaban J connectivity index is 1.55. The summed E-state index contributed by atoms with van der Waals surface area (Å²) in [6.45, 7) is 5.15. The molecule has 4 heteroatoms. The van der Waals surface area contributed by atoms with Crippen LogP contribution < -0.4 is 4.74 Å². The van der Waals surface area contributed by atoms with E-state index in [0.717, 1.165) is 57.0 Å². The van der Waals surface area contributed by atoms with Crippen molar-refractivity contribution in [2.45, 2.75) is 19.3 Å². The van der Waals surface area contributed by atoms with Crippen molar-refractivity contribution in [2.75, 3.05) is 39.5 Å². The first-order chi connectivity index (χ1) is 9.83. The predicted molar refractivity (Wildman–Crippen MR) is 76.5 cm³/mol. The summed E-state index contributed by atoms with van der Waals surface area (Å²) < 4.78 is 11.1. The minimum Gasteiger partial charge on any atom is -0.492 e. The SMILES string of the molecule is O=C1CCCc2ccc(OCCN3CCOCC3)cc21. The highest BCUT2D eigenvalue weighted by molar-refractivity contribution is 5.98. The Labute approximate surface area is 119 Å². The van der Waals surface area contributed by atoms with Crippen LogP contribution in [-0.4, -0.2) is 50.1 Å². The van der Waals surface area contributed by atoms with Gasteiger partial charge in [0, 0.05) is 31.6 Å². The molecule has 108 valence electrons. The Bertz CT molecular complexity index is 481. The van der Waals surface area contributed by atoms with E-state index < -0.39 is 0 Å². The molecule has 1 aliphatic heterocycles. The van der Waals surface area contributed by atoms with Crippen LogP contribution in [-0.2, 0) is 11.2 Å². The number of Topliss-reactive ketones (excluding diaryl/α,β-unsaturated/α-hetero) is 1. The van der Waals surface area contributed by atoms with Crippen LogP contribution >= 0.6 is 0 Å². The highest BCUT2D eigenvalue weighted by Crippen LogP contribution is 2.25. The number of benzene rings is 1. The third-order valence-electron chi connectivity index (χ3n) is 4.01. The average molecular weight is 275 g/mol. The lowest BCUT2D eigenvalue weighted by molar-refractivity contribution is 0.0322. The largest absolute Gasteiger partial charge is 0.492 e. The van der Waals surface area contributed by atoms with Gasteiger partial charge in [-0.15, -0.1) is 0 Å². The van der Waals surface area contributed by atoms with Gasteiger partial charge in [-0.2, -0.15) is 0 Å². The fourth-order valence-corrected chi connectivity index (χ4v) is 2.81. The van der Waals surface area contributed by atoms with E-state index in [1.165, 1.54) is 5.56 Å². The van der Waals surface area contributed by atoms with E-state index in [0.29, 0.717) is 13.0 Å². The number of hydrogen-bond donors (Lipinski definition) is 0. The highest BCUT2D eigenvalue weighted by atomic mass is 16.5. The molecule has 1 fully saturated rings. The van der Waals surface area contributed by atoms with Gasteiger partial charge in [0.2, 0.25) is 0 Å². The van der Waals surface area contributed by atoms with Gasteiger partial charge in [0.15, 0.2) is 5.78 Å². The van der Waals surface area contributed by atoms with Crippen LogP contribution in [0.1, 0.15) is 28.8 Å². The third kappa shape index (κ3) is 3.19. The van der Waals surface area contributed by atoms with Crippen molar-refractivity contribution in [3.63, 3.8) is 0 Å². The molecule has 0 saturated carbocycles. The first kappa shape index (κ1) is 13.6. The van der Waals surface area contributed by atoms with E-state index in [-0.39, 0.29) is 5.78 Å². The molecule has 20 heavy (non-hydrogen) atoms. The molecule has 0 bridgehead atoms. The van der Waals surface area contributed by atoms with Crippen LogP contribution in [0.2, 0.25) is 0 Å². The molecular weight excluding hydrogens is 254 g/mol. The number of fused-ring (bicyclic) bond motifs is 1. The Morgan fingerprint density at radius 2 is 2.05 bits per heavy atom. The van der Waals surface area contributed by atoms with Crippen LogP contribution in [0.3, 0.4) is 0 Å². The monoisotopic (exact) mass is 275 g/mol. The molecule has 1 aliphatic carbocycles. The summed E-state index contributed by atoms with van der Waals surface area (Å²) in [7, 11) is 0. The Kier molecular flexibility index (Phi) is 4.33. The molecule has 0 unspecified atom stereocenters. The lowest BCUT2D eigenvalue weighted by atomic mass is 9.90. The van der Waals surface area contributed by atoms with Gasteiger partial charge in [-0.05, 0) is 30.5 Å². The van der Waals surface area contributed by atoms with Gasteiger partial charge in [0.1, 0.15) is 12.4 Å². The summed E-state index contributed by atoms with van der Waals surface area (Å²) in [5, 5.41) is 0. The maximum atomic E-state index is 11.9. The standard InChI is InChI=1S/C16H21NO3/c18-16-3-1-2-13-4-5-14(12-15(13)16)20-11-8-17-6-9-19-10-7-17/h4-5,12H,1-3,6-11H2. The molecule has 0 N–H and O–H groups in total. The summed E-state index contributed by atoms with van der Waals surface area (Å²) >= 11 is 0. The number of aryl methyl sites for hydroxylation is 1. The number of rotatable bonds is 4. The zero-order chi connectivity index (χ0) is 13.8. The summed E-state index contributed by atoms with van der Waals surface area (Å²) in [5.41, 5.74) is 2.03. The minimum absolute atomic E-state index is 0.255. The quantitative estimate of drug-likeness (QED) is 0.841. The average Bonchev–Trinajstić information content (AvgIpc) is 2.49. The molecule has 0 aromatic heterocycles. The van der Waals surface area contributed by atoms with Crippen molar-refractivity contribution in [1.82, 2.24) is 4.90 Å². The van der Waals surface area contributed by atoms with Crippen LogP contribution in [0.4, 0.5) is 0 Å².